The maximum absolute atomic E-state index is 8.94. The molecule has 0 bridgehead atoms. The summed E-state index contributed by atoms with van der Waals surface area (Å²) in [5, 5.41) is 18.2. The van der Waals surface area contributed by atoms with Crippen LogP contribution in [0, 0.1) is 17.2 Å². The molecule has 4 rings (SSSR count). The molecule has 0 amide bonds. The Kier molecular flexibility index (Phi) is 5.72. The number of rotatable bonds is 7. The van der Waals surface area contributed by atoms with Crippen molar-refractivity contribution in [3.05, 3.63) is 35.7 Å². The van der Waals surface area contributed by atoms with E-state index >= 15 is 0 Å². The Morgan fingerprint density at radius 1 is 1.36 bits per heavy atom. The van der Waals surface area contributed by atoms with Gasteiger partial charge in [0.15, 0.2) is 11.4 Å². The lowest BCUT2D eigenvalue weighted by molar-refractivity contribution is 0.391. The number of anilines is 1. The molecule has 0 unspecified atom stereocenters. The van der Waals surface area contributed by atoms with Gasteiger partial charge in [-0.1, -0.05) is 36.4 Å². The maximum Gasteiger partial charge on any atom is 0.191 e. The first-order valence-corrected chi connectivity index (χ1v) is 10.5. The molecule has 1 aliphatic rings. The van der Waals surface area contributed by atoms with Gasteiger partial charge in [-0.05, 0) is 36.5 Å². The molecule has 0 radical (unpaired) electrons. The standard InChI is InChI=1S/C20H23N5O2S/c1-26-17-7-15(11-25-12-16(9-21)10-22-25)8-18-19(17)20(23-27-18)24-28-13-14-5-3-2-4-6-14/h7-8,10,12,14H,2-6,11,13H2,1H3,(H,23,24). The summed E-state index contributed by atoms with van der Waals surface area (Å²) in [6, 6.07) is 5.99. The minimum atomic E-state index is 0.522. The molecule has 28 heavy (non-hydrogen) atoms. The van der Waals surface area contributed by atoms with Gasteiger partial charge in [-0.15, -0.1) is 0 Å². The number of hydrogen-bond donors (Lipinski definition) is 1. The number of ether oxygens (including phenoxy) is 1. The van der Waals surface area contributed by atoms with E-state index in [9.17, 15) is 0 Å². The highest BCUT2D eigenvalue weighted by Gasteiger charge is 2.17. The van der Waals surface area contributed by atoms with E-state index in [4.69, 9.17) is 14.5 Å². The van der Waals surface area contributed by atoms with Gasteiger partial charge in [0, 0.05) is 11.9 Å². The second-order valence-corrected chi connectivity index (χ2v) is 7.98. The number of benzene rings is 1. The zero-order valence-electron chi connectivity index (χ0n) is 15.9. The SMILES string of the molecule is COc1cc(Cn2cc(C#N)cn2)cc2onc(NSCC3CCCCC3)c12. The Labute approximate surface area is 168 Å². The number of fused-ring (bicyclic) bond motifs is 1. The summed E-state index contributed by atoms with van der Waals surface area (Å²) in [6.07, 6.45) is 9.98. The van der Waals surface area contributed by atoms with Crippen molar-refractivity contribution in [2.75, 3.05) is 17.6 Å². The van der Waals surface area contributed by atoms with Crippen LogP contribution in [0.25, 0.3) is 11.0 Å². The van der Waals surface area contributed by atoms with Gasteiger partial charge in [0.1, 0.15) is 17.2 Å². The molecule has 0 atom stereocenters. The summed E-state index contributed by atoms with van der Waals surface area (Å²) < 4.78 is 16.2. The number of nitriles is 1. The molecule has 1 aromatic carbocycles. The zero-order chi connectivity index (χ0) is 19.3. The maximum atomic E-state index is 8.94. The van der Waals surface area contributed by atoms with Crippen molar-refractivity contribution in [3.63, 3.8) is 0 Å². The van der Waals surface area contributed by atoms with Gasteiger partial charge in [-0.3, -0.25) is 4.68 Å². The smallest absolute Gasteiger partial charge is 0.191 e. The fraction of sp³-hybridized carbons (Fsp3) is 0.450. The molecule has 2 heterocycles. The normalized spacial score (nSPS) is 14.9. The van der Waals surface area contributed by atoms with Crippen molar-refractivity contribution in [3.8, 4) is 11.8 Å². The van der Waals surface area contributed by atoms with E-state index in [0.29, 0.717) is 29.3 Å². The monoisotopic (exact) mass is 397 g/mol. The first-order valence-electron chi connectivity index (χ1n) is 9.53. The van der Waals surface area contributed by atoms with Gasteiger partial charge in [-0.25, -0.2) is 0 Å². The lowest BCUT2D eigenvalue weighted by atomic mass is 9.91. The fourth-order valence-electron chi connectivity index (χ4n) is 3.69. The Balaban J connectivity index is 1.49. The molecule has 1 fully saturated rings. The second-order valence-electron chi connectivity index (χ2n) is 7.16. The molecule has 1 N–H and O–H groups in total. The van der Waals surface area contributed by atoms with Crippen LogP contribution in [0.1, 0.15) is 43.2 Å². The summed E-state index contributed by atoms with van der Waals surface area (Å²) in [5.41, 5.74) is 2.17. The van der Waals surface area contributed by atoms with Crippen LogP contribution >= 0.6 is 11.9 Å². The van der Waals surface area contributed by atoms with Crippen molar-refractivity contribution in [1.29, 1.82) is 5.26 Å². The third kappa shape index (κ3) is 4.09. The molecule has 3 aromatic rings. The highest BCUT2D eigenvalue weighted by Crippen LogP contribution is 2.35. The summed E-state index contributed by atoms with van der Waals surface area (Å²) in [4.78, 5) is 0. The lowest BCUT2D eigenvalue weighted by Gasteiger charge is -2.20. The predicted molar refractivity (Wildman–Crippen MR) is 109 cm³/mol. The lowest BCUT2D eigenvalue weighted by Crippen LogP contribution is -2.09. The van der Waals surface area contributed by atoms with Crippen LogP contribution in [0.15, 0.2) is 29.0 Å². The second kappa shape index (κ2) is 8.57. The van der Waals surface area contributed by atoms with Crippen LogP contribution in [-0.2, 0) is 6.54 Å². The van der Waals surface area contributed by atoms with Crippen molar-refractivity contribution in [2.24, 2.45) is 5.92 Å². The van der Waals surface area contributed by atoms with Crippen LogP contribution in [0.5, 0.6) is 5.75 Å². The molecule has 7 nitrogen and oxygen atoms in total. The first kappa shape index (κ1) is 18.7. The van der Waals surface area contributed by atoms with Gasteiger partial charge in [0.2, 0.25) is 0 Å². The summed E-state index contributed by atoms with van der Waals surface area (Å²) in [7, 11) is 1.65. The Morgan fingerprint density at radius 2 is 2.21 bits per heavy atom. The minimum Gasteiger partial charge on any atom is -0.496 e. The van der Waals surface area contributed by atoms with Crippen LogP contribution in [0.4, 0.5) is 5.82 Å². The van der Waals surface area contributed by atoms with Crippen molar-refractivity contribution >= 4 is 28.7 Å². The average molecular weight is 398 g/mol. The van der Waals surface area contributed by atoms with Gasteiger partial charge < -0.3 is 14.0 Å². The first-order chi connectivity index (χ1) is 13.8. The molecule has 0 spiro atoms. The molecule has 8 heteroatoms. The highest BCUT2D eigenvalue weighted by atomic mass is 32.2. The number of hydrogen-bond acceptors (Lipinski definition) is 7. The van der Waals surface area contributed by atoms with Crippen molar-refractivity contribution < 1.29 is 9.26 Å². The van der Waals surface area contributed by atoms with E-state index < -0.39 is 0 Å². The zero-order valence-corrected chi connectivity index (χ0v) is 16.7. The summed E-state index contributed by atoms with van der Waals surface area (Å²) in [5.74, 6) is 3.27. The van der Waals surface area contributed by atoms with Crippen molar-refractivity contribution in [1.82, 2.24) is 14.9 Å². The number of nitrogens with zero attached hydrogens (tertiary/aromatic N) is 4. The average Bonchev–Trinajstić information content (AvgIpc) is 3.35. The molecule has 1 saturated carbocycles. The molecule has 0 aliphatic heterocycles. The quantitative estimate of drug-likeness (QED) is 0.583. The van der Waals surface area contributed by atoms with Gasteiger partial charge in [0.25, 0.3) is 0 Å². The molecule has 0 saturated heterocycles. The number of nitrogens with one attached hydrogen (secondary N) is 1. The van der Waals surface area contributed by atoms with E-state index in [0.717, 1.165) is 22.6 Å². The van der Waals surface area contributed by atoms with E-state index in [-0.39, 0.29) is 0 Å². The minimum absolute atomic E-state index is 0.522. The molecule has 2 aromatic heterocycles. The van der Waals surface area contributed by atoms with Crippen LogP contribution < -0.4 is 9.46 Å². The third-order valence-electron chi connectivity index (χ3n) is 5.14. The molecule has 1 aliphatic carbocycles. The van der Waals surface area contributed by atoms with E-state index in [2.05, 4.69) is 21.0 Å². The van der Waals surface area contributed by atoms with Crippen LogP contribution in [0.2, 0.25) is 0 Å². The largest absolute Gasteiger partial charge is 0.496 e. The van der Waals surface area contributed by atoms with E-state index in [1.165, 1.54) is 32.1 Å². The Morgan fingerprint density at radius 3 is 2.96 bits per heavy atom. The summed E-state index contributed by atoms with van der Waals surface area (Å²) in [6.45, 7) is 0.522. The van der Waals surface area contributed by atoms with Gasteiger partial charge in [-0.2, -0.15) is 10.4 Å². The fourth-order valence-corrected chi connectivity index (χ4v) is 4.62. The van der Waals surface area contributed by atoms with Crippen molar-refractivity contribution in [2.45, 2.75) is 38.6 Å². The van der Waals surface area contributed by atoms with Crippen LogP contribution in [0.3, 0.4) is 0 Å². The molecular weight excluding hydrogens is 374 g/mol. The van der Waals surface area contributed by atoms with Gasteiger partial charge in [0.05, 0.1) is 25.4 Å². The van der Waals surface area contributed by atoms with Gasteiger partial charge >= 0.3 is 0 Å². The third-order valence-corrected chi connectivity index (χ3v) is 6.11. The number of aromatic nitrogens is 3. The van der Waals surface area contributed by atoms with E-state index in [1.807, 2.05) is 12.1 Å². The Hall–Kier alpha value is -2.66. The molecule has 146 valence electrons. The topological polar surface area (TPSA) is 88.9 Å². The predicted octanol–water partition coefficient (Wildman–Crippen LogP) is 4.59. The van der Waals surface area contributed by atoms with E-state index in [1.54, 1.807) is 36.1 Å². The Bertz CT molecular complexity index is 984. The number of methoxy groups -OCH3 is 1. The molecular formula is C20H23N5O2S. The van der Waals surface area contributed by atoms with Crippen LogP contribution in [-0.4, -0.2) is 27.8 Å². The summed E-state index contributed by atoms with van der Waals surface area (Å²) >= 11 is 1.69. The highest BCUT2D eigenvalue weighted by molar-refractivity contribution is 8.00.